The molecule has 0 saturated carbocycles. The quantitative estimate of drug-likeness (QED) is 0.751. The molecule has 0 unspecified atom stereocenters. The monoisotopic (exact) mass is 222 g/mol. The Hall–Kier alpha value is -1.59. The molecule has 0 aromatic heterocycles. The Balaban J connectivity index is 2.10. The van der Waals surface area contributed by atoms with Crippen LogP contribution in [-0.4, -0.2) is 29.9 Å². The van der Waals surface area contributed by atoms with Crippen molar-refractivity contribution in [2.75, 3.05) is 18.3 Å². The molecule has 1 aliphatic heterocycles. The topological polar surface area (TPSA) is 65.3 Å². The van der Waals surface area contributed by atoms with Crippen LogP contribution in [0, 0.1) is 0 Å². The van der Waals surface area contributed by atoms with Crippen molar-refractivity contribution < 1.29 is 15.1 Å². The highest BCUT2D eigenvalue weighted by atomic mass is 16.5. The molecule has 0 aliphatic carbocycles. The first-order valence-electron chi connectivity index (χ1n) is 5.16. The molecule has 86 valence electrons. The van der Waals surface area contributed by atoms with Gasteiger partial charge in [0.1, 0.15) is 12.1 Å². The van der Waals surface area contributed by atoms with E-state index in [-0.39, 0.29) is 6.61 Å². The van der Waals surface area contributed by atoms with E-state index in [1.807, 2.05) is 12.1 Å². The molecule has 2 N–H and O–H groups in total. The summed E-state index contributed by atoms with van der Waals surface area (Å²) in [5.74, 6) is 0.682. The number of anilines is 1. The van der Waals surface area contributed by atoms with Crippen molar-refractivity contribution in [2.45, 2.75) is 13.0 Å². The van der Waals surface area contributed by atoms with Crippen LogP contribution in [0.5, 0.6) is 5.75 Å². The van der Waals surface area contributed by atoms with E-state index in [2.05, 4.69) is 4.99 Å². The second-order valence-electron chi connectivity index (χ2n) is 3.52. The van der Waals surface area contributed by atoms with Crippen LogP contribution in [0.15, 0.2) is 23.2 Å². The van der Waals surface area contributed by atoms with Gasteiger partial charge in [-0.1, -0.05) is 6.07 Å². The predicted octanol–water partition coefficient (Wildman–Crippen LogP) is 1.19. The van der Waals surface area contributed by atoms with Gasteiger partial charge in [-0.3, -0.25) is 10.2 Å². The maximum Gasteiger partial charge on any atom is 0.121 e. The predicted molar refractivity (Wildman–Crippen MR) is 60.1 cm³/mol. The molecule has 2 rings (SSSR count). The fourth-order valence-electron chi connectivity index (χ4n) is 1.51. The molecule has 0 amide bonds. The lowest BCUT2D eigenvalue weighted by Gasteiger charge is -2.20. The SMILES string of the molecule is OCCCOc1ccc2c(c1)N(O)C=NC2. The van der Waals surface area contributed by atoms with Crippen LogP contribution in [0.2, 0.25) is 0 Å². The van der Waals surface area contributed by atoms with Crippen LogP contribution in [0.3, 0.4) is 0 Å². The summed E-state index contributed by atoms with van der Waals surface area (Å²) in [5.41, 5.74) is 1.65. The summed E-state index contributed by atoms with van der Waals surface area (Å²) in [5, 5.41) is 19.2. The lowest BCUT2D eigenvalue weighted by Crippen LogP contribution is -2.20. The number of aliphatic imine (C=N–C) groups is 1. The highest BCUT2D eigenvalue weighted by Crippen LogP contribution is 2.27. The van der Waals surface area contributed by atoms with Crippen molar-refractivity contribution in [1.29, 1.82) is 0 Å². The number of hydroxylamine groups is 1. The van der Waals surface area contributed by atoms with Crippen molar-refractivity contribution in [2.24, 2.45) is 4.99 Å². The maximum absolute atomic E-state index is 9.55. The third kappa shape index (κ3) is 2.32. The van der Waals surface area contributed by atoms with Crippen LogP contribution < -0.4 is 9.80 Å². The summed E-state index contributed by atoms with van der Waals surface area (Å²) in [7, 11) is 0. The molecular formula is C11H14N2O3. The largest absolute Gasteiger partial charge is 0.493 e. The molecule has 5 heteroatoms. The average molecular weight is 222 g/mol. The first-order chi connectivity index (χ1) is 7.81. The molecular weight excluding hydrogens is 208 g/mol. The van der Waals surface area contributed by atoms with E-state index in [1.165, 1.54) is 6.34 Å². The van der Waals surface area contributed by atoms with Crippen LogP contribution in [-0.2, 0) is 6.54 Å². The Morgan fingerprint density at radius 3 is 3.12 bits per heavy atom. The van der Waals surface area contributed by atoms with E-state index in [1.54, 1.807) is 6.07 Å². The molecule has 1 aromatic rings. The summed E-state index contributed by atoms with van der Waals surface area (Å²) >= 11 is 0. The zero-order valence-electron chi connectivity index (χ0n) is 8.83. The van der Waals surface area contributed by atoms with Gasteiger partial charge in [-0.2, -0.15) is 0 Å². The number of benzene rings is 1. The standard InChI is InChI=1S/C11H14N2O3/c14-4-1-5-16-10-3-2-9-7-12-8-13(15)11(9)6-10/h2-3,6,8,14-15H,1,4-5,7H2. The average Bonchev–Trinajstić information content (AvgIpc) is 2.30. The van der Waals surface area contributed by atoms with Gasteiger partial charge in [0.05, 0.1) is 18.8 Å². The second-order valence-corrected chi connectivity index (χ2v) is 3.52. The van der Waals surface area contributed by atoms with Gasteiger partial charge < -0.3 is 9.84 Å². The van der Waals surface area contributed by atoms with E-state index in [9.17, 15) is 5.21 Å². The first-order valence-corrected chi connectivity index (χ1v) is 5.16. The third-order valence-corrected chi connectivity index (χ3v) is 2.33. The van der Waals surface area contributed by atoms with E-state index >= 15 is 0 Å². The Kier molecular flexibility index (Phi) is 3.38. The van der Waals surface area contributed by atoms with E-state index < -0.39 is 0 Å². The van der Waals surface area contributed by atoms with Gasteiger partial charge in [0.25, 0.3) is 0 Å². The van der Waals surface area contributed by atoms with Gasteiger partial charge in [-0.15, -0.1) is 0 Å². The normalized spacial score (nSPS) is 13.8. The first kappa shape index (κ1) is 10.9. The molecule has 1 aliphatic rings. The zero-order chi connectivity index (χ0) is 11.4. The Labute approximate surface area is 93.6 Å². The maximum atomic E-state index is 9.55. The van der Waals surface area contributed by atoms with Crippen LogP contribution in [0.4, 0.5) is 5.69 Å². The summed E-state index contributed by atoms with van der Waals surface area (Å²) in [6.07, 6.45) is 1.97. The molecule has 0 bridgehead atoms. The van der Waals surface area contributed by atoms with Gasteiger partial charge in [0, 0.05) is 24.7 Å². The lowest BCUT2D eigenvalue weighted by atomic mass is 10.1. The summed E-state index contributed by atoms with van der Waals surface area (Å²) in [6, 6.07) is 5.48. The number of rotatable bonds is 4. The molecule has 0 radical (unpaired) electrons. The van der Waals surface area contributed by atoms with Gasteiger partial charge in [0.2, 0.25) is 0 Å². The summed E-state index contributed by atoms with van der Waals surface area (Å²) < 4.78 is 5.42. The highest BCUT2D eigenvalue weighted by Gasteiger charge is 2.12. The van der Waals surface area contributed by atoms with Crippen molar-refractivity contribution in [3.05, 3.63) is 23.8 Å². The molecule has 0 spiro atoms. The molecule has 1 heterocycles. The number of aliphatic hydroxyl groups is 1. The number of aliphatic hydroxyl groups excluding tert-OH is 1. The Morgan fingerprint density at radius 2 is 2.31 bits per heavy atom. The van der Waals surface area contributed by atoms with E-state index in [0.29, 0.717) is 31.0 Å². The molecule has 0 atom stereocenters. The number of fused-ring (bicyclic) bond motifs is 1. The van der Waals surface area contributed by atoms with E-state index in [0.717, 1.165) is 10.6 Å². The Morgan fingerprint density at radius 1 is 1.44 bits per heavy atom. The highest BCUT2D eigenvalue weighted by molar-refractivity contribution is 5.80. The minimum absolute atomic E-state index is 0.115. The second kappa shape index (κ2) is 4.96. The number of hydrogen-bond acceptors (Lipinski definition) is 5. The zero-order valence-corrected chi connectivity index (χ0v) is 8.83. The van der Waals surface area contributed by atoms with Crippen molar-refractivity contribution in [3.63, 3.8) is 0 Å². The molecule has 1 aromatic carbocycles. The minimum Gasteiger partial charge on any atom is -0.493 e. The van der Waals surface area contributed by atoms with Gasteiger partial charge in [0.15, 0.2) is 0 Å². The summed E-state index contributed by atoms with van der Waals surface area (Å²) in [4.78, 5) is 3.98. The third-order valence-electron chi connectivity index (χ3n) is 2.33. The number of nitrogens with zero attached hydrogens (tertiary/aromatic N) is 2. The van der Waals surface area contributed by atoms with Gasteiger partial charge in [-0.05, 0) is 6.07 Å². The van der Waals surface area contributed by atoms with Crippen LogP contribution >= 0.6 is 0 Å². The van der Waals surface area contributed by atoms with Gasteiger partial charge >= 0.3 is 0 Å². The van der Waals surface area contributed by atoms with Crippen LogP contribution in [0.25, 0.3) is 0 Å². The Bertz CT molecular complexity index is 393. The molecule has 0 fully saturated rings. The lowest BCUT2D eigenvalue weighted by molar-refractivity contribution is 0.233. The van der Waals surface area contributed by atoms with Crippen LogP contribution in [0.1, 0.15) is 12.0 Å². The number of ether oxygens (including phenoxy) is 1. The fourth-order valence-corrected chi connectivity index (χ4v) is 1.51. The van der Waals surface area contributed by atoms with E-state index in [4.69, 9.17) is 9.84 Å². The van der Waals surface area contributed by atoms with Crippen molar-refractivity contribution in [1.82, 2.24) is 0 Å². The fraction of sp³-hybridized carbons (Fsp3) is 0.364. The molecule has 0 saturated heterocycles. The summed E-state index contributed by atoms with van der Waals surface area (Å²) in [6.45, 7) is 1.15. The molecule has 5 nitrogen and oxygen atoms in total. The molecule has 16 heavy (non-hydrogen) atoms. The number of hydrogen-bond donors (Lipinski definition) is 2. The van der Waals surface area contributed by atoms with Gasteiger partial charge in [-0.25, -0.2) is 5.06 Å². The van der Waals surface area contributed by atoms with Crippen molar-refractivity contribution >= 4 is 12.0 Å². The minimum atomic E-state index is 0.115. The van der Waals surface area contributed by atoms with Crippen molar-refractivity contribution in [3.8, 4) is 5.75 Å². The smallest absolute Gasteiger partial charge is 0.121 e.